The van der Waals surface area contributed by atoms with Crippen molar-refractivity contribution in [3.05, 3.63) is 47.1 Å². The van der Waals surface area contributed by atoms with E-state index in [0.29, 0.717) is 48.3 Å². The number of rotatable bonds is 7. The number of hydrogen-bond donors (Lipinski definition) is 2. The molecular formula is C23H29N9O3. The van der Waals surface area contributed by atoms with Gasteiger partial charge in [0.05, 0.1) is 30.6 Å². The van der Waals surface area contributed by atoms with Gasteiger partial charge in [0.15, 0.2) is 5.65 Å². The van der Waals surface area contributed by atoms with E-state index in [2.05, 4.69) is 26.0 Å². The first-order chi connectivity index (χ1) is 17.0. The molecule has 0 saturated carbocycles. The molecule has 1 saturated heterocycles. The van der Waals surface area contributed by atoms with E-state index in [1.807, 2.05) is 26.1 Å². The Morgan fingerprint density at radius 3 is 2.91 bits per heavy atom. The Balaban J connectivity index is 1.53. The molecule has 2 N–H and O–H groups in total. The highest BCUT2D eigenvalue weighted by Crippen LogP contribution is 2.27. The van der Waals surface area contributed by atoms with Gasteiger partial charge in [-0.25, -0.2) is 9.67 Å². The van der Waals surface area contributed by atoms with Crippen LogP contribution in [0.3, 0.4) is 0 Å². The topological polar surface area (TPSA) is 125 Å². The van der Waals surface area contributed by atoms with E-state index in [0.717, 1.165) is 5.56 Å². The van der Waals surface area contributed by atoms with Gasteiger partial charge in [0.25, 0.3) is 5.56 Å². The molecule has 1 fully saturated rings. The van der Waals surface area contributed by atoms with E-state index in [9.17, 15) is 4.79 Å². The first-order valence-corrected chi connectivity index (χ1v) is 11.6. The quantitative estimate of drug-likeness (QED) is 0.411. The fourth-order valence-corrected chi connectivity index (χ4v) is 4.29. The van der Waals surface area contributed by atoms with Crippen molar-refractivity contribution in [2.45, 2.75) is 38.5 Å². The van der Waals surface area contributed by atoms with Gasteiger partial charge >= 0.3 is 0 Å². The molecule has 12 heteroatoms. The van der Waals surface area contributed by atoms with Crippen LogP contribution in [0.1, 0.15) is 32.4 Å². The zero-order valence-corrected chi connectivity index (χ0v) is 20.2. The number of fused-ring (bicyclic) bond motifs is 1. The summed E-state index contributed by atoms with van der Waals surface area (Å²) in [5.41, 5.74) is 2.28. The van der Waals surface area contributed by atoms with Gasteiger partial charge in [-0.3, -0.25) is 4.79 Å². The van der Waals surface area contributed by atoms with E-state index >= 15 is 0 Å². The van der Waals surface area contributed by atoms with Crippen LogP contribution in [0.25, 0.3) is 16.9 Å². The maximum Gasteiger partial charge on any atom is 0.274 e. The van der Waals surface area contributed by atoms with Crippen LogP contribution in [0.15, 0.2) is 41.6 Å². The van der Waals surface area contributed by atoms with E-state index in [-0.39, 0.29) is 23.7 Å². The van der Waals surface area contributed by atoms with Crippen LogP contribution in [0.4, 0.5) is 17.3 Å². The minimum absolute atomic E-state index is 0.101. The second-order valence-electron chi connectivity index (χ2n) is 8.71. The summed E-state index contributed by atoms with van der Waals surface area (Å²) in [5.74, 6) is 1.21. The molecule has 0 unspecified atom stereocenters. The Kier molecular flexibility index (Phi) is 6.22. The average molecular weight is 480 g/mol. The molecule has 2 atom stereocenters. The number of aromatic nitrogens is 7. The van der Waals surface area contributed by atoms with Crippen molar-refractivity contribution in [2.75, 3.05) is 38.0 Å². The summed E-state index contributed by atoms with van der Waals surface area (Å²) >= 11 is 0. The number of pyridine rings is 1. The lowest BCUT2D eigenvalue weighted by molar-refractivity contribution is -0.0609. The number of nitrogens with zero attached hydrogens (tertiary/aromatic N) is 7. The third-order valence-corrected chi connectivity index (χ3v) is 6.21. The van der Waals surface area contributed by atoms with Gasteiger partial charge in [0, 0.05) is 39.1 Å². The lowest BCUT2D eigenvalue weighted by Crippen LogP contribution is -2.40. The van der Waals surface area contributed by atoms with E-state index in [4.69, 9.17) is 14.5 Å². The predicted octanol–water partition coefficient (Wildman–Crippen LogP) is 2.49. The summed E-state index contributed by atoms with van der Waals surface area (Å²) in [7, 11) is 3.45. The SMILES string of the molecule is CNc1cc(Nc2cccn([C@@H]3CCOC[C@@H]3OC)c2=O)nc2c(-c3cn(C(C)C)nn3)cnn12. The fraction of sp³-hybridized carbons (Fsp3) is 0.435. The van der Waals surface area contributed by atoms with Crippen molar-refractivity contribution < 1.29 is 9.47 Å². The van der Waals surface area contributed by atoms with Gasteiger partial charge in [-0.15, -0.1) is 5.10 Å². The Hall–Kier alpha value is -3.77. The Labute approximate surface area is 201 Å². The molecule has 0 amide bonds. The molecule has 0 aromatic carbocycles. The molecule has 184 valence electrons. The first-order valence-electron chi connectivity index (χ1n) is 11.6. The monoisotopic (exact) mass is 479 g/mol. The van der Waals surface area contributed by atoms with Crippen molar-refractivity contribution in [2.24, 2.45) is 0 Å². The first kappa shape index (κ1) is 23.0. The minimum atomic E-state index is -0.185. The molecule has 4 aromatic rings. The Morgan fingerprint density at radius 2 is 2.17 bits per heavy atom. The summed E-state index contributed by atoms with van der Waals surface area (Å²) in [6.07, 6.45) is 5.89. The van der Waals surface area contributed by atoms with E-state index in [1.165, 1.54) is 0 Å². The predicted molar refractivity (Wildman–Crippen MR) is 131 cm³/mol. The Bertz CT molecular complexity index is 1390. The molecule has 4 aromatic heterocycles. The highest BCUT2D eigenvalue weighted by atomic mass is 16.5. The van der Waals surface area contributed by atoms with Crippen LogP contribution >= 0.6 is 0 Å². The number of methoxy groups -OCH3 is 1. The molecule has 12 nitrogen and oxygen atoms in total. The van der Waals surface area contributed by atoms with E-state index < -0.39 is 0 Å². The normalized spacial score (nSPS) is 18.3. The van der Waals surface area contributed by atoms with Crippen molar-refractivity contribution in [1.82, 2.24) is 34.2 Å². The number of nitrogens with one attached hydrogen (secondary N) is 2. The van der Waals surface area contributed by atoms with Crippen LogP contribution in [-0.4, -0.2) is 67.6 Å². The molecule has 35 heavy (non-hydrogen) atoms. The van der Waals surface area contributed by atoms with E-state index in [1.54, 1.807) is 52.4 Å². The second-order valence-corrected chi connectivity index (χ2v) is 8.71. The van der Waals surface area contributed by atoms with Gasteiger partial charge in [0.1, 0.15) is 29.1 Å². The zero-order chi connectivity index (χ0) is 24.5. The van der Waals surface area contributed by atoms with Crippen molar-refractivity contribution >= 4 is 23.0 Å². The molecule has 1 aliphatic rings. The van der Waals surface area contributed by atoms with Crippen LogP contribution in [0.5, 0.6) is 0 Å². The van der Waals surface area contributed by atoms with Crippen LogP contribution < -0.4 is 16.2 Å². The minimum Gasteiger partial charge on any atom is -0.379 e. The molecule has 1 aliphatic heterocycles. The average Bonchev–Trinajstić information content (AvgIpc) is 3.52. The van der Waals surface area contributed by atoms with Gasteiger partial charge in [-0.2, -0.15) is 9.61 Å². The second kappa shape index (κ2) is 9.47. The molecular weight excluding hydrogens is 450 g/mol. The van der Waals surface area contributed by atoms with Gasteiger partial charge in [-0.1, -0.05) is 5.21 Å². The molecule has 0 aliphatic carbocycles. The van der Waals surface area contributed by atoms with Crippen LogP contribution in [0.2, 0.25) is 0 Å². The third-order valence-electron chi connectivity index (χ3n) is 6.21. The lowest BCUT2D eigenvalue weighted by atomic mass is 10.1. The summed E-state index contributed by atoms with van der Waals surface area (Å²) in [5, 5.41) is 19.3. The summed E-state index contributed by atoms with van der Waals surface area (Å²) in [6.45, 7) is 5.12. The summed E-state index contributed by atoms with van der Waals surface area (Å²) in [4.78, 5) is 18.1. The smallest absolute Gasteiger partial charge is 0.274 e. The van der Waals surface area contributed by atoms with Gasteiger partial charge in [-0.05, 0) is 32.4 Å². The summed E-state index contributed by atoms with van der Waals surface area (Å²) < 4.78 is 16.3. The number of anilines is 3. The summed E-state index contributed by atoms with van der Waals surface area (Å²) in [6, 6.07) is 5.48. The third kappa shape index (κ3) is 4.26. The molecule has 0 bridgehead atoms. The maximum absolute atomic E-state index is 13.4. The highest BCUT2D eigenvalue weighted by Gasteiger charge is 2.28. The maximum atomic E-state index is 13.4. The standard InChI is InChI=1S/C23H29N9O3/c1-14(2)31-12-17(28-29-31)15-11-25-32-21(24-3)10-20(27-22(15)32)26-16-6-5-8-30(23(16)33)18-7-9-35-13-19(18)34-4/h5-6,8,10-12,14,18-19,24H,7,9,13H2,1-4H3,(H,26,27)/t18-,19+/m1/s1. The molecule has 5 heterocycles. The zero-order valence-electron chi connectivity index (χ0n) is 20.2. The van der Waals surface area contributed by atoms with Crippen LogP contribution in [-0.2, 0) is 9.47 Å². The van der Waals surface area contributed by atoms with Crippen molar-refractivity contribution in [3.8, 4) is 11.3 Å². The van der Waals surface area contributed by atoms with Crippen molar-refractivity contribution in [1.29, 1.82) is 0 Å². The van der Waals surface area contributed by atoms with Gasteiger partial charge in [0.2, 0.25) is 0 Å². The van der Waals surface area contributed by atoms with Crippen molar-refractivity contribution in [3.63, 3.8) is 0 Å². The van der Waals surface area contributed by atoms with Crippen LogP contribution in [0, 0.1) is 0 Å². The van der Waals surface area contributed by atoms with Gasteiger partial charge < -0.3 is 24.7 Å². The highest BCUT2D eigenvalue weighted by molar-refractivity contribution is 5.77. The molecule has 0 radical (unpaired) electrons. The number of ether oxygens (including phenoxy) is 2. The largest absolute Gasteiger partial charge is 0.379 e. The molecule has 0 spiro atoms. The Morgan fingerprint density at radius 1 is 1.31 bits per heavy atom. The molecule has 5 rings (SSSR count). The fourth-order valence-electron chi connectivity index (χ4n) is 4.29. The number of hydrogen-bond acceptors (Lipinski definition) is 9. The lowest BCUT2D eigenvalue weighted by Gasteiger charge is -2.32.